The lowest BCUT2D eigenvalue weighted by Gasteiger charge is -2.19. The Bertz CT molecular complexity index is 975. The molecule has 1 heterocycles. The van der Waals surface area contributed by atoms with E-state index in [1.54, 1.807) is 43.9 Å². The van der Waals surface area contributed by atoms with E-state index in [9.17, 15) is 19.7 Å². The minimum Gasteiger partial charge on any atom is -0.481 e. The number of ether oxygens (including phenoxy) is 1. The number of amides is 1. The number of nitrogens with zero attached hydrogens (tertiary/aromatic N) is 2. The molecule has 28 heavy (non-hydrogen) atoms. The van der Waals surface area contributed by atoms with Crippen LogP contribution in [0.4, 0.5) is 11.4 Å². The summed E-state index contributed by atoms with van der Waals surface area (Å²) in [7, 11) is 0. The average molecular weight is 384 g/mol. The van der Waals surface area contributed by atoms with Gasteiger partial charge in [-0.3, -0.25) is 14.9 Å². The number of rotatable bonds is 5. The third kappa shape index (κ3) is 3.53. The van der Waals surface area contributed by atoms with Crippen molar-refractivity contribution in [2.24, 2.45) is 0 Å². The number of hydrogen-bond donors (Lipinski definition) is 1. The summed E-state index contributed by atoms with van der Waals surface area (Å²) < 4.78 is 5.30. The van der Waals surface area contributed by atoms with Crippen LogP contribution >= 0.6 is 0 Å². The van der Waals surface area contributed by atoms with Crippen molar-refractivity contribution in [3.05, 3.63) is 62.2 Å². The first-order valence-electron chi connectivity index (χ1n) is 8.74. The van der Waals surface area contributed by atoms with E-state index >= 15 is 0 Å². The Hall–Kier alpha value is -3.42. The number of carboxylic acids is 1. The fraction of sp³-hybridized carbons (Fsp3) is 0.300. The van der Waals surface area contributed by atoms with Crippen molar-refractivity contribution in [1.82, 2.24) is 0 Å². The normalized spacial score (nSPS) is 12.6. The van der Waals surface area contributed by atoms with Gasteiger partial charge in [-0.15, -0.1) is 0 Å². The molecular weight excluding hydrogens is 364 g/mol. The number of carboxylic acid groups (broad SMARTS) is 1. The van der Waals surface area contributed by atoms with Crippen LogP contribution in [0, 0.1) is 30.9 Å². The van der Waals surface area contributed by atoms with E-state index in [0.29, 0.717) is 46.7 Å². The fourth-order valence-corrected chi connectivity index (χ4v) is 3.55. The van der Waals surface area contributed by atoms with E-state index in [-0.39, 0.29) is 11.6 Å². The second-order valence-electron chi connectivity index (χ2n) is 6.85. The Kier molecular flexibility index (Phi) is 5.04. The Morgan fingerprint density at radius 2 is 1.79 bits per heavy atom. The summed E-state index contributed by atoms with van der Waals surface area (Å²) in [5, 5.41) is 20.0. The maximum Gasteiger partial charge on any atom is 0.341 e. The van der Waals surface area contributed by atoms with E-state index in [0.717, 1.165) is 5.56 Å². The van der Waals surface area contributed by atoms with E-state index in [1.165, 1.54) is 6.07 Å². The second-order valence-corrected chi connectivity index (χ2v) is 6.85. The highest BCUT2D eigenvalue weighted by molar-refractivity contribution is 6.08. The van der Waals surface area contributed by atoms with Gasteiger partial charge in [-0.2, -0.15) is 0 Å². The summed E-state index contributed by atoms with van der Waals surface area (Å²) in [6.45, 7) is 5.16. The van der Waals surface area contributed by atoms with Crippen molar-refractivity contribution in [3.8, 4) is 5.75 Å². The lowest BCUT2D eigenvalue weighted by atomic mass is 10.0. The molecule has 1 aliphatic rings. The smallest absolute Gasteiger partial charge is 0.341 e. The van der Waals surface area contributed by atoms with Crippen LogP contribution in [0.5, 0.6) is 5.75 Å². The third-order valence-corrected chi connectivity index (χ3v) is 4.78. The number of fused-ring (bicyclic) bond motifs is 1. The van der Waals surface area contributed by atoms with Gasteiger partial charge in [-0.05, 0) is 62.1 Å². The first kappa shape index (κ1) is 19.3. The maximum atomic E-state index is 13.1. The van der Waals surface area contributed by atoms with Gasteiger partial charge in [0.15, 0.2) is 6.61 Å². The van der Waals surface area contributed by atoms with Crippen molar-refractivity contribution in [1.29, 1.82) is 0 Å². The van der Waals surface area contributed by atoms with E-state index in [2.05, 4.69) is 0 Å². The van der Waals surface area contributed by atoms with Crippen LogP contribution < -0.4 is 9.64 Å². The summed E-state index contributed by atoms with van der Waals surface area (Å²) in [5.41, 5.74) is 3.76. The zero-order chi connectivity index (χ0) is 20.6. The molecule has 0 fully saturated rings. The molecule has 2 aromatic carbocycles. The second kappa shape index (κ2) is 7.30. The number of benzene rings is 2. The standard InChI is InChI=1S/C20H20N2O6/c1-11-6-14-4-5-21(17(14)9-16(11)22(26)27)20(25)15-7-12(2)19(13(3)8-15)28-10-18(23)24/h6-9H,4-5,10H2,1-3H3,(H,23,24). The summed E-state index contributed by atoms with van der Waals surface area (Å²) >= 11 is 0. The molecule has 8 nitrogen and oxygen atoms in total. The summed E-state index contributed by atoms with van der Waals surface area (Å²) in [4.78, 5) is 36.2. The lowest BCUT2D eigenvalue weighted by Crippen LogP contribution is -2.29. The van der Waals surface area contributed by atoms with Crippen LogP contribution in [-0.4, -0.2) is 35.1 Å². The van der Waals surface area contributed by atoms with Crippen LogP contribution in [0.15, 0.2) is 24.3 Å². The maximum absolute atomic E-state index is 13.1. The third-order valence-electron chi connectivity index (χ3n) is 4.78. The molecule has 0 saturated carbocycles. The van der Waals surface area contributed by atoms with Crippen molar-refractivity contribution >= 4 is 23.3 Å². The van der Waals surface area contributed by atoms with Gasteiger partial charge in [0.2, 0.25) is 0 Å². The topological polar surface area (TPSA) is 110 Å². The summed E-state index contributed by atoms with van der Waals surface area (Å²) in [6.07, 6.45) is 0.637. The van der Waals surface area contributed by atoms with Crippen molar-refractivity contribution in [3.63, 3.8) is 0 Å². The van der Waals surface area contributed by atoms with E-state index < -0.39 is 17.5 Å². The Morgan fingerprint density at radius 3 is 2.36 bits per heavy atom. The Labute approximate surface area is 161 Å². The van der Waals surface area contributed by atoms with Gasteiger partial charge in [0, 0.05) is 23.7 Å². The highest BCUT2D eigenvalue weighted by Gasteiger charge is 2.29. The number of aliphatic carboxylic acids is 1. The molecule has 0 aromatic heterocycles. The minimum absolute atomic E-state index is 0.0109. The molecular formula is C20H20N2O6. The molecule has 0 saturated heterocycles. The minimum atomic E-state index is -1.08. The predicted molar refractivity (Wildman–Crippen MR) is 102 cm³/mol. The molecule has 0 atom stereocenters. The molecule has 0 radical (unpaired) electrons. The monoisotopic (exact) mass is 384 g/mol. The molecule has 1 aliphatic heterocycles. The van der Waals surface area contributed by atoms with Crippen molar-refractivity contribution in [2.75, 3.05) is 18.1 Å². The van der Waals surface area contributed by atoms with Crippen LogP contribution in [0.25, 0.3) is 0 Å². The highest BCUT2D eigenvalue weighted by atomic mass is 16.6. The molecule has 1 amide bonds. The number of nitro benzene ring substituents is 1. The Balaban J connectivity index is 1.94. The number of aryl methyl sites for hydroxylation is 3. The summed E-state index contributed by atoms with van der Waals surface area (Å²) in [5.74, 6) is -0.899. The molecule has 8 heteroatoms. The SMILES string of the molecule is Cc1cc2c(cc1[N+](=O)[O-])N(C(=O)c1cc(C)c(OCC(=O)O)c(C)c1)CC2. The van der Waals surface area contributed by atoms with Gasteiger partial charge < -0.3 is 14.7 Å². The molecule has 146 valence electrons. The van der Waals surface area contributed by atoms with Gasteiger partial charge in [0.1, 0.15) is 5.75 Å². The quantitative estimate of drug-likeness (QED) is 0.626. The van der Waals surface area contributed by atoms with Crippen LogP contribution in [0.3, 0.4) is 0 Å². The first-order valence-corrected chi connectivity index (χ1v) is 8.74. The molecule has 0 unspecified atom stereocenters. The van der Waals surface area contributed by atoms with Gasteiger partial charge in [-0.1, -0.05) is 0 Å². The number of anilines is 1. The van der Waals surface area contributed by atoms with Crippen LogP contribution in [-0.2, 0) is 11.2 Å². The molecule has 0 aliphatic carbocycles. The fourth-order valence-electron chi connectivity index (χ4n) is 3.55. The zero-order valence-corrected chi connectivity index (χ0v) is 15.8. The largest absolute Gasteiger partial charge is 0.481 e. The molecule has 1 N–H and O–H groups in total. The molecule has 0 spiro atoms. The van der Waals surface area contributed by atoms with E-state index in [1.807, 2.05) is 0 Å². The lowest BCUT2D eigenvalue weighted by molar-refractivity contribution is -0.385. The first-order chi connectivity index (χ1) is 13.2. The van der Waals surface area contributed by atoms with Crippen molar-refractivity contribution < 1.29 is 24.4 Å². The van der Waals surface area contributed by atoms with Crippen LogP contribution in [0.1, 0.15) is 32.6 Å². The number of hydrogen-bond acceptors (Lipinski definition) is 5. The van der Waals surface area contributed by atoms with Gasteiger partial charge >= 0.3 is 5.97 Å². The predicted octanol–water partition coefficient (Wildman–Crippen LogP) is 3.19. The number of carbonyl (C=O) groups is 2. The van der Waals surface area contributed by atoms with Crippen LogP contribution in [0.2, 0.25) is 0 Å². The number of nitro groups is 1. The zero-order valence-electron chi connectivity index (χ0n) is 15.8. The molecule has 3 rings (SSSR count). The molecule has 2 aromatic rings. The highest BCUT2D eigenvalue weighted by Crippen LogP contribution is 2.35. The Morgan fingerprint density at radius 1 is 1.14 bits per heavy atom. The average Bonchev–Trinajstić information content (AvgIpc) is 3.01. The molecule has 0 bridgehead atoms. The van der Waals surface area contributed by atoms with Gasteiger partial charge in [0.25, 0.3) is 11.6 Å². The van der Waals surface area contributed by atoms with Gasteiger partial charge in [-0.25, -0.2) is 4.79 Å². The van der Waals surface area contributed by atoms with E-state index in [4.69, 9.17) is 9.84 Å². The number of carbonyl (C=O) groups excluding carboxylic acids is 1. The van der Waals surface area contributed by atoms with Gasteiger partial charge in [0.05, 0.1) is 10.6 Å². The van der Waals surface area contributed by atoms with Crippen molar-refractivity contribution in [2.45, 2.75) is 27.2 Å². The summed E-state index contributed by atoms with van der Waals surface area (Å²) in [6, 6.07) is 6.51.